The quantitative estimate of drug-likeness (QED) is 0.757. The van der Waals surface area contributed by atoms with Crippen molar-refractivity contribution in [1.29, 1.82) is 0 Å². The first-order valence-electron chi connectivity index (χ1n) is 9.30. The van der Waals surface area contributed by atoms with Gasteiger partial charge < -0.3 is 15.1 Å². The fourth-order valence-electron chi connectivity index (χ4n) is 3.27. The second-order valence-electron chi connectivity index (χ2n) is 6.74. The number of nitrogens with zero attached hydrogens (tertiary/aromatic N) is 2. The monoisotopic (exact) mass is 401 g/mol. The molecular weight excluding hydrogens is 380 g/mol. The molecule has 0 aliphatic carbocycles. The number of benzene rings is 2. The van der Waals surface area contributed by atoms with E-state index >= 15 is 0 Å². The molecule has 3 rings (SSSR count). The van der Waals surface area contributed by atoms with E-state index in [0.29, 0.717) is 5.56 Å². The van der Waals surface area contributed by atoms with Gasteiger partial charge in [0.25, 0.3) is 0 Å². The van der Waals surface area contributed by atoms with E-state index < -0.39 is 29.6 Å². The summed E-state index contributed by atoms with van der Waals surface area (Å²) < 4.78 is 26.8. The van der Waals surface area contributed by atoms with Crippen LogP contribution in [0.5, 0.6) is 0 Å². The van der Waals surface area contributed by atoms with Crippen LogP contribution < -0.4 is 5.32 Å². The van der Waals surface area contributed by atoms with Gasteiger partial charge in [0.15, 0.2) is 0 Å². The Morgan fingerprint density at radius 3 is 2.38 bits per heavy atom. The molecule has 8 heteroatoms. The molecule has 0 aromatic heterocycles. The molecule has 0 radical (unpaired) electrons. The van der Waals surface area contributed by atoms with E-state index in [1.165, 1.54) is 40.1 Å². The van der Waals surface area contributed by atoms with Crippen molar-refractivity contribution in [2.24, 2.45) is 0 Å². The summed E-state index contributed by atoms with van der Waals surface area (Å²) >= 11 is 0. The van der Waals surface area contributed by atoms with Crippen LogP contribution in [0.4, 0.5) is 14.5 Å². The molecule has 29 heavy (non-hydrogen) atoms. The Kier molecular flexibility index (Phi) is 6.21. The van der Waals surface area contributed by atoms with Gasteiger partial charge in [0.05, 0.1) is 5.69 Å². The molecule has 0 saturated carbocycles. The first-order valence-corrected chi connectivity index (χ1v) is 9.30. The van der Waals surface area contributed by atoms with Crippen LogP contribution in [0.25, 0.3) is 0 Å². The van der Waals surface area contributed by atoms with Crippen molar-refractivity contribution in [2.75, 3.05) is 18.4 Å². The smallest absolute Gasteiger partial charge is 0.312 e. The fourth-order valence-corrected chi connectivity index (χ4v) is 3.27. The molecule has 2 aromatic carbocycles. The molecule has 0 spiro atoms. The first-order chi connectivity index (χ1) is 13.9. The number of amides is 3. The van der Waals surface area contributed by atoms with Crippen LogP contribution in [0.2, 0.25) is 0 Å². The van der Waals surface area contributed by atoms with Crippen LogP contribution >= 0.6 is 0 Å². The summed E-state index contributed by atoms with van der Waals surface area (Å²) in [5.41, 5.74) is 0.718. The highest BCUT2D eigenvalue weighted by molar-refractivity contribution is 6.35. The molecule has 6 nitrogen and oxygen atoms in total. The predicted molar refractivity (Wildman–Crippen MR) is 103 cm³/mol. The van der Waals surface area contributed by atoms with Crippen molar-refractivity contribution in [3.05, 3.63) is 65.7 Å². The second kappa shape index (κ2) is 8.81. The maximum atomic E-state index is 13.8. The molecule has 0 unspecified atom stereocenters. The second-order valence-corrected chi connectivity index (χ2v) is 6.74. The van der Waals surface area contributed by atoms with Crippen LogP contribution in [0.15, 0.2) is 48.5 Å². The average molecular weight is 401 g/mol. The van der Waals surface area contributed by atoms with Crippen molar-refractivity contribution in [3.63, 3.8) is 0 Å². The molecular formula is C21H21F2N3O3. The molecule has 3 amide bonds. The molecule has 1 N–H and O–H groups in total. The minimum atomic E-state index is -0.890. The third-order valence-electron chi connectivity index (χ3n) is 4.83. The first kappa shape index (κ1) is 20.4. The number of piperazine rings is 1. The Hall–Kier alpha value is -3.29. The number of halogens is 2. The Bertz CT molecular complexity index is 918. The van der Waals surface area contributed by atoms with Gasteiger partial charge in [0.1, 0.15) is 17.7 Å². The summed E-state index contributed by atoms with van der Waals surface area (Å²) in [4.78, 5) is 40.4. The van der Waals surface area contributed by atoms with Crippen LogP contribution in [0, 0.1) is 11.6 Å². The van der Waals surface area contributed by atoms with E-state index in [9.17, 15) is 23.2 Å². The molecule has 1 aliphatic heterocycles. The summed E-state index contributed by atoms with van der Waals surface area (Å²) in [6.07, 6.45) is 0.275. The SMILES string of the molecule is CC[C@H](C(=O)Nc1ccccc1F)N1CCN(Cc2ccc(F)cc2)C(=O)C1=O. The zero-order valence-corrected chi connectivity index (χ0v) is 15.9. The minimum Gasteiger partial charge on any atom is -0.328 e. The summed E-state index contributed by atoms with van der Waals surface area (Å²) in [5.74, 6) is -3.02. The molecule has 1 atom stereocenters. The number of hydrogen-bond acceptors (Lipinski definition) is 3. The van der Waals surface area contributed by atoms with Gasteiger partial charge in [-0.05, 0) is 36.2 Å². The van der Waals surface area contributed by atoms with E-state index in [-0.39, 0.29) is 37.6 Å². The number of carbonyl (C=O) groups is 3. The van der Waals surface area contributed by atoms with E-state index in [1.54, 1.807) is 25.1 Å². The lowest BCUT2D eigenvalue weighted by Crippen LogP contribution is -2.59. The van der Waals surface area contributed by atoms with E-state index in [2.05, 4.69) is 5.32 Å². The summed E-state index contributed by atoms with van der Waals surface area (Å²) in [6, 6.07) is 10.5. The van der Waals surface area contributed by atoms with Crippen molar-refractivity contribution in [3.8, 4) is 0 Å². The van der Waals surface area contributed by atoms with Gasteiger partial charge >= 0.3 is 11.8 Å². The lowest BCUT2D eigenvalue weighted by molar-refractivity contribution is -0.159. The number of hydrogen-bond donors (Lipinski definition) is 1. The molecule has 1 saturated heterocycles. The highest BCUT2D eigenvalue weighted by Gasteiger charge is 2.38. The number of carbonyl (C=O) groups excluding carboxylic acids is 3. The summed E-state index contributed by atoms with van der Waals surface area (Å²) in [6.45, 7) is 2.31. The zero-order valence-electron chi connectivity index (χ0n) is 15.9. The Morgan fingerprint density at radius 1 is 1.03 bits per heavy atom. The lowest BCUT2D eigenvalue weighted by Gasteiger charge is -2.37. The minimum absolute atomic E-state index is 0.0182. The zero-order chi connectivity index (χ0) is 21.0. The predicted octanol–water partition coefficient (Wildman–Crippen LogP) is 2.55. The van der Waals surface area contributed by atoms with Gasteiger partial charge in [-0.15, -0.1) is 0 Å². The Balaban J connectivity index is 1.68. The summed E-state index contributed by atoms with van der Waals surface area (Å²) in [5, 5.41) is 2.48. The third kappa shape index (κ3) is 4.59. The largest absolute Gasteiger partial charge is 0.328 e. The highest BCUT2D eigenvalue weighted by Crippen LogP contribution is 2.18. The topological polar surface area (TPSA) is 69.7 Å². The van der Waals surface area contributed by atoms with Crippen LogP contribution in [0.3, 0.4) is 0 Å². The number of anilines is 1. The van der Waals surface area contributed by atoms with Crippen molar-refractivity contribution < 1.29 is 23.2 Å². The lowest BCUT2D eigenvalue weighted by atomic mass is 10.1. The van der Waals surface area contributed by atoms with Crippen LogP contribution in [-0.2, 0) is 20.9 Å². The van der Waals surface area contributed by atoms with Gasteiger partial charge in [0.2, 0.25) is 5.91 Å². The fraction of sp³-hybridized carbons (Fsp3) is 0.286. The normalized spacial score (nSPS) is 15.4. The van der Waals surface area contributed by atoms with Crippen LogP contribution in [-0.4, -0.2) is 46.7 Å². The maximum absolute atomic E-state index is 13.8. The number of nitrogens with one attached hydrogen (secondary N) is 1. The van der Waals surface area contributed by atoms with Crippen molar-refractivity contribution in [2.45, 2.75) is 25.9 Å². The van der Waals surface area contributed by atoms with E-state index in [4.69, 9.17) is 0 Å². The Morgan fingerprint density at radius 2 is 1.72 bits per heavy atom. The average Bonchev–Trinajstić information content (AvgIpc) is 2.71. The highest BCUT2D eigenvalue weighted by atomic mass is 19.1. The molecule has 1 fully saturated rings. The third-order valence-corrected chi connectivity index (χ3v) is 4.83. The van der Waals surface area contributed by atoms with Gasteiger partial charge in [-0.3, -0.25) is 14.4 Å². The maximum Gasteiger partial charge on any atom is 0.312 e. The van der Waals surface area contributed by atoms with Gasteiger partial charge in [-0.1, -0.05) is 31.2 Å². The molecule has 1 aliphatic rings. The Labute approximate surface area is 167 Å². The van der Waals surface area contributed by atoms with Gasteiger partial charge in [-0.2, -0.15) is 0 Å². The van der Waals surface area contributed by atoms with Gasteiger partial charge in [0, 0.05) is 19.6 Å². The van der Waals surface area contributed by atoms with Gasteiger partial charge in [-0.25, -0.2) is 8.78 Å². The number of para-hydroxylation sites is 1. The van der Waals surface area contributed by atoms with E-state index in [1.807, 2.05) is 0 Å². The summed E-state index contributed by atoms with van der Waals surface area (Å²) in [7, 11) is 0. The van der Waals surface area contributed by atoms with Crippen molar-refractivity contribution in [1.82, 2.24) is 9.80 Å². The molecule has 0 bridgehead atoms. The van der Waals surface area contributed by atoms with Crippen molar-refractivity contribution >= 4 is 23.4 Å². The molecule has 2 aromatic rings. The van der Waals surface area contributed by atoms with Crippen LogP contribution in [0.1, 0.15) is 18.9 Å². The molecule has 1 heterocycles. The standard InChI is InChI=1S/C21H21F2N3O3/c1-2-18(19(27)24-17-6-4-3-5-16(17)23)26-12-11-25(20(28)21(26)29)13-14-7-9-15(22)10-8-14/h3-10,18H,2,11-13H2,1H3,(H,24,27)/t18-/m1/s1. The van der Waals surface area contributed by atoms with E-state index in [0.717, 1.165) is 0 Å². The molecule has 152 valence electrons. The number of rotatable bonds is 6.